The summed E-state index contributed by atoms with van der Waals surface area (Å²) in [6, 6.07) is 19.1. The molecule has 0 bridgehead atoms. The van der Waals surface area contributed by atoms with Crippen LogP contribution in [0, 0.1) is 0 Å². The number of rotatable bonds is 4. The van der Waals surface area contributed by atoms with Crippen LogP contribution in [-0.2, 0) is 6.42 Å². The van der Waals surface area contributed by atoms with Gasteiger partial charge in [-0.1, -0.05) is 48.5 Å². The molecule has 2 aromatic rings. The molecule has 0 atom stereocenters. The van der Waals surface area contributed by atoms with Gasteiger partial charge in [0.1, 0.15) is 0 Å². The van der Waals surface area contributed by atoms with Gasteiger partial charge in [-0.2, -0.15) is 0 Å². The van der Waals surface area contributed by atoms with Crippen LogP contribution < -0.4 is 16.6 Å². The number of nitrogens with zero attached hydrogens (tertiary/aromatic N) is 1. The summed E-state index contributed by atoms with van der Waals surface area (Å²) in [5.74, 6) is 6.19. The molecule has 0 aliphatic heterocycles. The van der Waals surface area contributed by atoms with Crippen LogP contribution in [0.3, 0.4) is 0 Å². The van der Waals surface area contributed by atoms with E-state index in [1.54, 1.807) is 0 Å². The fourth-order valence-electron chi connectivity index (χ4n) is 2.23. The second kappa shape index (κ2) is 6.41. The minimum Gasteiger partial charge on any atom is -0.325 e. The largest absolute Gasteiger partial charge is 0.325 e. The van der Waals surface area contributed by atoms with E-state index in [4.69, 9.17) is 5.84 Å². The minimum absolute atomic E-state index is 0.421. The first-order chi connectivity index (χ1) is 10.3. The SMILES string of the molecule is NNC(=NC1CC1)Nc1ccccc1Cc1ccccc1. The van der Waals surface area contributed by atoms with Gasteiger partial charge in [0, 0.05) is 5.69 Å². The Morgan fingerprint density at radius 3 is 2.48 bits per heavy atom. The molecule has 1 aliphatic carbocycles. The van der Waals surface area contributed by atoms with Crippen molar-refractivity contribution in [1.82, 2.24) is 5.43 Å². The molecule has 0 saturated heterocycles. The number of hydrazine groups is 1. The maximum atomic E-state index is 5.56. The van der Waals surface area contributed by atoms with Crippen molar-refractivity contribution in [2.75, 3.05) is 5.32 Å². The number of aliphatic imine (C=N–C) groups is 1. The summed E-state index contributed by atoms with van der Waals surface area (Å²) < 4.78 is 0. The highest BCUT2D eigenvalue weighted by Crippen LogP contribution is 2.24. The van der Waals surface area contributed by atoms with Gasteiger partial charge in [-0.25, -0.2) is 10.8 Å². The van der Waals surface area contributed by atoms with Crippen LogP contribution in [0.25, 0.3) is 0 Å². The van der Waals surface area contributed by atoms with Crippen molar-refractivity contribution >= 4 is 11.6 Å². The van der Waals surface area contributed by atoms with E-state index in [1.165, 1.54) is 11.1 Å². The monoisotopic (exact) mass is 280 g/mol. The number of guanidine groups is 1. The molecule has 4 nitrogen and oxygen atoms in total. The molecule has 21 heavy (non-hydrogen) atoms. The lowest BCUT2D eigenvalue weighted by molar-refractivity contribution is 0.965. The van der Waals surface area contributed by atoms with Crippen LogP contribution in [0.4, 0.5) is 5.69 Å². The fraction of sp³-hybridized carbons (Fsp3) is 0.235. The second-order valence-corrected chi connectivity index (χ2v) is 5.30. The zero-order valence-corrected chi connectivity index (χ0v) is 11.9. The zero-order chi connectivity index (χ0) is 14.5. The first-order valence-corrected chi connectivity index (χ1v) is 7.28. The lowest BCUT2D eigenvalue weighted by Gasteiger charge is -2.13. The van der Waals surface area contributed by atoms with Crippen LogP contribution in [0.1, 0.15) is 24.0 Å². The predicted molar refractivity (Wildman–Crippen MR) is 87.1 cm³/mol. The van der Waals surface area contributed by atoms with Crippen molar-refractivity contribution < 1.29 is 0 Å². The number of para-hydroxylation sites is 1. The molecule has 0 aromatic heterocycles. The van der Waals surface area contributed by atoms with Crippen molar-refractivity contribution in [3.05, 3.63) is 65.7 Å². The summed E-state index contributed by atoms with van der Waals surface area (Å²) in [6.45, 7) is 0. The molecule has 0 spiro atoms. The van der Waals surface area contributed by atoms with Gasteiger partial charge in [0.15, 0.2) is 0 Å². The van der Waals surface area contributed by atoms with E-state index < -0.39 is 0 Å². The van der Waals surface area contributed by atoms with E-state index in [1.807, 2.05) is 12.1 Å². The summed E-state index contributed by atoms with van der Waals surface area (Å²) in [5.41, 5.74) is 6.20. The predicted octanol–water partition coefficient (Wildman–Crippen LogP) is 2.67. The molecule has 4 N–H and O–H groups in total. The topological polar surface area (TPSA) is 62.4 Å². The summed E-state index contributed by atoms with van der Waals surface area (Å²) >= 11 is 0. The second-order valence-electron chi connectivity index (χ2n) is 5.30. The van der Waals surface area contributed by atoms with E-state index >= 15 is 0 Å². The number of nitrogens with one attached hydrogen (secondary N) is 2. The van der Waals surface area contributed by atoms with Gasteiger partial charge < -0.3 is 5.32 Å². The minimum atomic E-state index is 0.421. The molecule has 0 amide bonds. The molecule has 1 fully saturated rings. The summed E-state index contributed by atoms with van der Waals surface area (Å²) in [6.07, 6.45) is 3.18. The Hall–Kier alpha value is -2.33. The van der Waals surface area contributed by atoms with Gasteiger partial charge in [0.25, 0.3) is 0 Å². The Bertz CT molecular complexity index is 618. The molecule has 4 heteroatoms. The van der Waals surface area contributed by atoms with Crippen LogP contribution in [0.15, 0.2) is 59.6 Å². The first kappa shape index (κ1) is 13.6. The molecule has 0 unspecified atom stereocenters. The van der Waals surface area contributed by atoms with Gasteiger partial charge in [0.05, 0.1) is 6.04 Å². The number of benzene rings is 2. The summed E-state index contributed by atoms with van der Waals surface area (Å²) in [5, 5.41) is 3.30. The Morgan fingerprint density at radius 2 is 1.76 bits per heavy atom. The molecule has 108 valence electrons. The van der Waals surface area contributed by atoms with Crippen molar-refractivity contribution in [3.8, 4) is 0 Å². The standard InChI is InChI=1S/C17H20N4/c18-21-17(19-15-10-11-15)20-16-9-5-4-8-14(16)12-13-6-2-1-3-7-13/h1-9,15H,10-12,18H2,(H2,19,20,21). The molecule has 1 saturated carbocycles. The van der Waals surface area contributed by atoms with E-state index in [0.29, 0.717) is 12.0 Å². The number of nitrogens with two attached hydrogens (primary N) is 1. The first-order valence-electron chi connectivity index (χ1n) is 7.28. The highest BCUT2D eigenvalue weighted by atomic mass is 15.3. The Kier molecular flexibility index (Phi) is 4.17. The van der Waals surface area contributed by atoms with E-state index in [2.05, 4.69) is 58.2 Å². The highest BCUT2D eigenvalue weighted by molar-refractivity contribution is 5.94. The average Bonchev–Trinajstić information content (AvgIpc) is 3.33. The Labute approximate surface area is 125 Å². The zero-order valence-electron chi connectivity index (χ0n) is 11.9. The van der Waals surface area contributed by atoms with Crippen molar-refractivity contribution in [1.29, 1.82) is 0 Å². The molecular formula is C17H20N4. The Balaban J connectivity index is 1.78. The van der Waals surface area contributed by atoms with Crippen molar-refractivity contribution in [2.24, 2.45) is 10.8 Å². The van der Waals surface area contributed by atoms with E-state index in [0.717, 1.165) is 24.9 Å². The maximum absolute atomic E-state index is 5.56. The van der Waals surface area contributed by atoms with Gasteiger partial charge in [-0.05, 0) is 36.5 Å². The smallest absolute Gasteiger partial charge is 0.210 e. The third-order valence-corrected chi connectivity index (χ3v) is 3.50. The quantitative estimate of drug-likeness (QED) is 0.349. The Morgan fingerprint density at radius 1 is 1.05 bits per heavy atom. The molecular weight excluding hydrogens is 260 g/mol. The van der Waals surface area contributed by atoms with E-state index in [9.17, 15) is 0 Å². The van der Waals surface area contributed by atoms with Gasteiger partial charge in [-0.3, -0.25) is 5.43 Å². The average molecular weight is 280 g/mol. The maximum Gasteiger partial charge on any atom is 0.210 e. The summed E-state index contributed by atoms with van der Waals surface area (Å²) in [4.78, 5) is 4.52. The third kappa shape index (κ3) is 3.83. The van der Waals surface area contributed by atoms with Crippen LogP contribution in [0.2, 0.25) is 0 Å². The fourth-order valence-corrected chi connectivity index (χ4v) is 2.23. The third-order valence-electron chi connectivity index (χ3n) is 3.50. The lowest BCUT2D eigenvalue weighted by atomic mass is 10.0. The normalized spacial score (nSPS) is 14.8. The number of hydrogen-bond acceptors (Lipinski definition) is 2. The number of hydrogen-bond donors (Lipinski definition) is 3. The van der Waals surface area contributed by atoms with Crippen molar-refractivity contribution in [2.45, 2.75) is 25.3 Å². The lowest BCUT2D eigenvalue weighted by Crippen LogP contribution is -2.36. The molecule has 0 heterocycles. The van der Waals surface area contributed by atoms with E-state index in [-0.39, 0.29) is 0 Å². The van der Waals surface area contributed by atoms with Gasteiger partial charge >= 0.3 is 0 Å². The molecule has 2 aromatic carbocycles. The van der Waals surface area contributed by atoms with Crippen LogP contribution in [0.5, 0.6) is 0 Å². The molecule has 3 rings (SSSR count). The van der Waals surface area contributed by atoms with Gasteiger partial charge in [0.2, 0.25) is 5.96 Å². The van der Waals surface area contributed by atoms with Crippen LogP contribution in [-0.4, -0.2) is 12.0 Å². The summed E-state index contributed by atoms with van der Waals surface area (Å²) in [7, 11) is 0. The molecule has 1 aliphatic rings. The van der Waals surface area contributed by atoms with Crippen molar-refractivity contribution in [3.63, 3.8) is 0 Å². The molecule has 0 radical (unpaired) electrons. The highest BCUT2D eigenvalue weighted by Gasteiger charge is 2.21. The number of anilines is 1. The van der Waals surface area contributed by atoms with Crippen LogP contribution >= 0.6 is 0 Å². The van der Waals surface area contributed by atoms with Gasteiger partial charge in [-0.15, -0.1) is 0 Å².